The summed E-state index contributed by atoms with van der Waals surface area (Å²) in [6.45, 7) is 4.89. The number of fused-ring (bicyclic) bond motifs is 1. The molecule has 0 radical (unpaired) electrons. The molecule has 0 aliphatic heterocycles. The lowest BCUT2D eigenvalue weighted by atomic mass is 10.0. The number of aromatic hydroxyl groups is 1. The normalized spacial score (nSPS) is 11.2. The van der Waals surface area contributed by atoms with Gasteiger partial charge in [0.25, 0.3) is 0 Å². The number of aryl methyl sites for hydroxylation is 3. The predicted molar refractivity (Wildman–Crippen MR) is 156 cm³/mol. The Hall–Kier alpha value is -4.45. The van der Waals surface area contributed by atoms with Crippen LogP contribution in [0.2, 0.25) is 0 Å². The van der Waals surface area contributed by atoms with Crippen molar-refractivity contribution >= 4 is 17.1 Å². The topological polar surface area (TPSA) is 88.2 Å². The molecule has 0 fully saturated rings. The van der Waals surface area contributed by atoms with Crippen LogP contribution in [0.3, 0.4) is 0 Å². The minimum atomic E-state index is -0.745. The molecule has 0 unspecified atom stereocenters. The van der Waals surface area contributed by atoms with Crippen LogP contribution in [0, 0.1) is 13.8 Å². The van der Waals surface area contributed by atoms with Gasteiger partial charge in [0.15, 0.2) is 5.65 Å². The van der Waals surface area contributed by atoms with Gasteiger partial charge in [0.05, 0.1) is 11.4 Å². The number of rotatable bonds is 10. The number of carbonyl (C=O) groups is 1. The molecule has 0 bridgehead atoms. The highest BCUT2D eigenvalue weighted by molar-refractivity contribution is 5.95. The summed E-state index contributed by atoms with van der Waals surface area (Å²) in [7, 11) is 0. The Labute approximate surface area is 228 Å². The molecular weight excluding hydrogens is 486 g/mol. The first kappa shape index (κ1) is 26.2. The summed E-state index contributed by atoms with van der Waals surface area (Å²) in [5, 5.41) is 19.1. The molecule has 3 aromatic carbocycles. The first-order valence-electron chi connectivity index (χ1n) is 13.5. The lowest BCUT2D eigenvalue weighted by Crippen LogP contribution is -2.01. The smallest absolute Gasteiger partial charge is 0.303 e. The van der Waals surface area contributed by atoms with Crippen LogP contribution in [-0.4, -0.2) is 30.7 Å². The lowest BCUT2D eigenvalue weighted by molar-refractivity contribution is -0.137. The fourth-order valence-electron chi connectivity index (χ4n) is 4.88. The molecule has 0 saturated carbocycles. The van der Waals surface area contributed by atoms with Crippen LogP contribution in [0.4, 0.5) is 0 Å². The summed E-state index contributed by atoms with van der Waals surface area (Å²) in [5.74, 6) is -0.541. The highest BCUT2D eigenvalue weighted by atomic mass is 16.4. The second-order valence-electron chi connectivity index (χ2n) is 10.2. The van der Waals surface area contributed by atoms with Crippen molar-refractivity contribution in [1.29, 1.82) is 0 Å². The average Bonchev–Trinajstić information content (AvgIpc) is 3.28. The van der Waals surface area contributed by atoms with E-state index in [1.807, 2.05) is 12.1 Å². The van der Waals surface area contributed by atoms with Gasteiger partial charge in [-0.2, -0.15) is 0 Å². The van der Waals surface area contributed by atoms with Gasteiger partial charge in [-0.05, 0) is 44.4 Å². The van der Waals surface area contributed by atoms with Crippen molar-refractivity contribution in [3.63, 3.8) is 0 Å². The molecule has 2 N–H and O–H groups in total. The molecule has 0 atom stereocenters. The van der Waals surface area contributed by atoms with Gasteiger partial charge >= 0.3 is 5.97 Å². The Bertz CT molecular complexity index is 1600. The van der Waals surface area contributed by atoms with Gasteiger partial charge in [0.1, 0.15) is 11.3 Å². The molecular formula is C33H33N3O3. The highest BCUT2D eigenvalue weighted by Crippen LogP contribution is 2.36. The van der Waals surface area contributed by atoms with Gasteiger partial charge in [0.2, 0.25) is 0 Å². The number of carboxylic acid groups (broad SMARTS) is 1. The lowest BCUT2D eigenvalue weighted by Gasteiger charge is -2.12. The van der Waals surface area contributed by atoms with Gasteiger partial charge in [0, 0.05) is 35.9 Å². The van der Waals surface area contributed by atoms with E-state index < -0.39 is 5.97 Å². The van der Waals surface area contributed by atoms with Crippen LogP contribution in [0.25, 0.3) is 44.8 Å². The van der Waals surface area contributed by atoms with Crippen molar-refractivity contribution < 1.29 is 15.0 Å². The Morgan fingerprint density at radius 3 is 2.00 bits per heavy atom. The van der Waals surface area contributed by atoms with Crippen LogP contribution >= 0.6 is 0 Å². The molecule has 6 heteroatoms. The fraction of sp³-hybridized carbons (Fsp3) is 0.242. The highest BCUT2D eigenvalue weighted by Gasteiger charge is 2.20. The third kappa shape index (κ3) is 6.01. The maximum absolute atomic E-state index is 10.8. The summed E-state index contributed by atoms with van der Waals surface area (Å²) >= 11 is 0. The zero-order chi connectivity index (χ0) is 27.4. The molecule has 0 amide bonds. The number of nitrogens with zero attached hydrogens (tertiary/aromatic N) is 3. The predicted octanol–water partition coefficient (Wildman–Crippen LogP) is 7.79. The summed E-state index contributed by atoms with van der Waals surface area (Å²) in [6, 6.07) is 24.0. The molecule has 2 aromatic heterocycles. The summed E-state index contributed by atoms with van der Waals surface area (Å²) in [4.78, 5) is 21.3. The largest absolute Gasteiger partial charge is 0.508 e. The third-order valence-electron chi connectivity index (χ3n) is 7.04. The quantitative estimate of drug-likeness (QED) is 0.184. The van der Waals surface area contributed by atoms with Gasteiger partial charge in [-0.1, -0.05) is 84.6 Å². The van der Waals surface area contributed by atoms with E-state index in [9.17, 15) is 9.90 Å². The summed E-state index contributed by atoms with van der Waals surface area (Å²) in [6.07, 6.45) is 5.70. The molecule has 6 nitrogen and oxygen atoms in total. The number of unbranched alkanes of at least 4 members (excludes halogenated alkanes) is 3. The van der Waals surface area contributed by atoms with Crippen LogP contribution in [0.15, 0.2) is 79.0 Å². The van der Waals surface area contributed by atoms with E-state index in [-0.39, 0.29) is 12.2 Å². The van der Waals surface area contributed by atoms with E-state index >= 15 is 0 Å². The van der Waals surface area contributed by atoms with Crippen molar-refractivity contribution in [1.82, 2.24) is 14.5 Å². The number of hydrogen-bond acceptors (Lipinski definition) is 4. The van der Waals surface area contributed by atoms with E-state index in [2.05, 4.69) is 73.1 Å². The minimum Gasteiger partial charge on any atom is -0.508 e. The second-order valence-corrected chi connectivity index (χ2v) is 10.2. The zero-order valence-electron chi connectivity index (χ0n) is 22.4. The molecule has 198 valence electrons. The number of phenols is 1. The molecule has 2 heterocycles. The van der Waals surface area contributed by atoms with Crippen molar-refractivity contribution in [2.75, 3.05) is 0 Å². The molecule has 0 aliphatic rings. The van der Waals surface area contributed by atoms with Gasteiger partial charge in [-0.15, -0.1) is 0 Å². The Morgan fingerprint density at radius 2 is 1.38 bits per heavy atom. The summed E-state index contributed by atoms with van der Waals surface area (Å²) in [5.41, 5.74) is 9.40. The number of aliphatic carboxylic acids is 1. The average molecular weight is 520 g/mol. The van der Waals surface area contributed by atoms with Crippen LogP contribution < -0.4 is 0 Å². The summed E-state index contributed by atoms with van der Waals surface area (Å²) < 4.78 is 2.15. The standard InChI is InChI=1S/C33H33N3O3/c1-22-11-15-24(16-12-22)30-31(25-17-13-23(2)14-18-25)35-33-32(34-30)28(26-8-7-9-27(37)20-26)21-36(33)19-6-4-3-5-10-29(38)39/h7-9,11-18,20-21,37H,3-6,10,19H2,1-2H3,(H,38,39). The monoisotopic (exact) mass is 519 g/mol. The Balaban J connectivity index is 1.63. The van der Waals surface area contributed by atoms with Gasteiger partial charge < -0.3 is 14.8 Å². The van der Waals surface area contributed by atoms with Crippen molar-refractivity contribution in [2.24, 2.45) is 0 Å². The number of benzene rings is 3. The maximum atomic E-state index is 10.8. The third-order valence-corrected chi connectivity index (χ3v) is 7.04. The Morgan fingerprint density at radius 1 is 0.769 bits per heavy atom. The van der Waals surface area contributed by atoms with Gasteiger partial charge in [-0.3, -0.25) is 4.79 Å². The van der Waals surface area contributed by atoms with Crippen molar-refractivity contribution in [3.8, 4) is 39.4 Å². The number of aromatic nitrogens is 3. The molecule has 5 aromatic rings. The minimum absolute atomic E-state index is 0.204. The van der Waals surface area contributed by atoms with Crippen LogP contribution in [-0.2, 0) is 11.3 Å². The zero-order valence-corrected chi connectivity index (χ0v) is 22.4. The van der Waals surface area contributed by atoms with E-state index in [1.54, 1.807) is 12.1 Å². The van der Waals surface area contributed by atoms with Crippen LogP contribution in [0.5, 0.6) is 5.75 Å². The van der Waals surface area contributed by atoms with Crippen LogP contribution in [0.1, 0.15) is 43.2 Å². The molecule has 5 rings (SSSR count). The van der Waals surface area contributed by atoms with Gasteiger partial charge in [-0.25, -0.2) is 9.97 Å². The van der Waals surface area contributed by atoms with E-state index in [1.165, 1.54) is 11.1 Å². The Kier molecular flexibility index (Phi) is 7.73. The van der Waals surface area contributed by atoms with Crippen molar-refractivity contribution in [2.45, 2.75) is 52.5 Å². The SMILES string of the molecule is Cc1ccc(-c2nc3c(-c4cccc(O)c4)cn(CCCCCCC(=O)O)c3nc2-c2ccc(C)cc2)cc1. The first-order valence-corrected chi connectivity index (χ1v) is 13.5. The molecule has 0 spiro atoms. The molecule has 0 aliphatic carbocycles. The van der Waals surface area contributed by atoms with E-state index in [0.29, 0.717) is 6.42 Å². The fourth-order valence-corrected chi connectivity index (χ4v) is 4.88. The maximum Gasteiger partial charge on any atom is 0.303 e. The van der Waals surface area contributed by atoms with Crippen molar-refractivity contribution in [3.05, 3.63) is 90.1 Å². The number of phenolic OH excluding ortho intramolecular Hbond substituents is 1. The molecule has 39 heavy (non-hydrogen) atoms. The first-order chi connectivity index (χ1) is 18.9. The number of carboxylic acids is 1. The van der Waals surface area contributed by atoms with E-state index in [0.717, 1.165) is 70.6 Å². The number of hydrogen-bond donors (Lipinski definition) is 2. The van der Waals surface area contributed by atoms with E-state index in [4.69, 9.17) is 15.1 Å². The molecule has 0 saturated heterocycles. The second kappa shape index (κ2) is 11.5.